The normalized spacial score (nSPS) is 10.7. The van der Waals surface area contributed by atoms with Crippen LogP contribution in [0.5, 0.6) is 5.75 Å². The lowest BCUT2D eigenvalue weighted by atomic mass is 10.2. The van der Waals surface area contributed by atoms with Gasteiger partial charge >= 0.3 is 0 Å². The van der Waals surface area contributed by atoms with Gasteiger partial charge in [-0.05, 0) is 45.0 Å². The maximum Gasteiger partial charge on any atom is 0.294 e. The number of hydrogen-bond donors (Lipinski definition) is 1. The predicted octanol–water partition coefficient (Wildman–Crippen LogP) is 3.28. The Bertz CT molecular complexity index is 593. The second-order valence-corrected chi connectivity index (χ2v) is 5.45. The molecule has 1 heterocycles. The van der Waals surface area contributed by atoms with Crippen LogP contribution in [0.15, 0.2) is 29.6 Å². The molecule has 0 radical (unpaired) electrons. The summed E-state index contributed by atoms with van der Waals surface area (Å²) in [5.41, 5.74) is 3.63. The third-order valence-corrected chi connectivity index (χ3v) is 3.41. The molecule has 0 saturated heterocycles. The molecule has 1 aromatic carbocycles. The first-order valence-corrected chi connectivity index (χ1v) is 7.63. The number of hydrogen-bond acceptors (Lipinski definition) is 5. The van der Waals surface area contributed by atoms with Gasteiger partial charge in [0.1, 0.15) is 16.5 Å². The summed E-state index contributed by atoms with van der Waals surface area (Å²) in [6.07, 6.45) is 0.143. The quantitative estimate of drug-likeness (QED) is 0.832. The van der Waals surface area contributed by atoms with E-state index in [0.29, 0.717) is 12.3 Å². The van der Waals surface area contributed by atoms with Crippen LogP contribution < -0.4 is 10.2 Å². The predicted molar refractivity (Wildman–Crippen MR) is 82.4 cm³/mol. The van der Waals surface area contributed by atoms with Gasteiger partial charge in [0.25, 0.3) is 5.91 Å². The van der Waals surface area contributed by atoms with Gasteiger partial charge in [0.05, 0.1) is 12.7 Å². The van der Waals surface area contributed by atoms with Crippen LogP contribution in [0.25, 0.3) is 10.6 Å². The molecule has 0 saturated carbocycles. The average molecular weight is 306 g/mol. The summed E-state index contributed by atoms with van der Waals surface area (Å²) in [6, 6.07) is 7.66. The minimum Gasteiger partial charge on any atom is -0.491 e. The number of aromatic nitrogens is 1. The number of hydroxylamine groups is 1. The summed E-state index contributed by atoms with van der Waals surface area (Å²) < 4.78 is 5.60. The molecule has 0 aliphatic rings. The monoisotopic (exact) mass is 306 g/mol. The second-order valence-electron chi connectivity index (χ2n) is 4.59. The van der Waals surface area contributed by atoms with Gasteiger partial charge < -0.3 is 4.74 Å². The standard InChI is InChI=1S/C15H18N2O3S/c1-4-19-17-14(18)13-9-21-15(16-13)11-5-7-12(8-6-11)20-10(2)3/h5-10H,4H2,1-3H3,(H,17,18). The fraction of sp³-hybridized carbons (Fsp3) is 0.333. The third-order valence-electron chi connectivity index (χ3n) is 2.52. The molecule has 21 heavy (non-hydrogen) atoms. The van der Waals surface area contributed by atoms with Crippen molar-refractivity contribution in [2.45, 2.75) is 26.9 Å². The molecule has 2 aromatic rings. The first-order chi connectivity index (χ1) is 10.1. The van der Waals surface area contributed by atoms with Crippen LogP contribution in [0.3, 0.4) is 0 Å². The second kappa shape index (κ2) is 7.19. The Morgan fingerprint density at radius 2 is 2.05 bits per heavy atom. The average Bonchev–Trinajstić information content (AvgIpc) is 2.95. The highest BCUT2D eigenvalue weighted by molar-refractivity contribution is 7.13. The Kier molecular flexibility index (Phi) is 5.30. The Morgan fingerprint density at radius 3 is 2.67 bits per heavy atom. The van der Waals surface area contributed by atoms with E-state index in [1.165, 1.54) is 11.3 Å². The number of amides is 1. The zero-order chi connectivity index (χ0) is 15.2. The molecule has 0 aliphatic carbocycles. The minimum absolute atomic E-state index is 0.143. The van der Waals surface area contributed by atoms with Crippen molar-refractivity contribution in [2.24, 2.45) is 0 Å². The SMILES string of the molecule is CCONC(=O)c1csc(-c2ccc(OC(C)C)cc2)n1. The summed E-state index contributed by atoms with van der Waals surface area (Å²) in [7, 11) is 0. The van der Waals surface area contributed by atoms with E-state index in [1.807, 2.05) is 38.1 Å². The summed E-state index contributed by atoms with van der Waals surface area (Å²) in [5.74, 6) is 0.485. The fourth-order valence-corrected chi connectivity index (χ4v) is 2.46. The molecule has 0 spiro atoms. The lowest BCUT2D eigenvalue weighted by Gasteiger charge is -2.09. The van der Waals surface area contributed by atoms with E-state index < -0.39 is 0 Å². The van der Waals surface area contributed by atoms with E-state index in [1.54, 1.807) is 12.3 Å². The molecule has 6 heteroatoms. The van der Waals surface area contributed by atoms with E-state index in [2.05, 4.69) is 10.5 Å². The molecule has 5 nitrogen and oxygen atoms in total. The summed E-state index contributed by atoms with van der Waals surface area (Å²) in [6.45, 7) is 6.18. The molecule has 0 atom stereocenters. The molecule has 1 aromatic heterocycles. The number of carbonyl (C=O) groups is 1. The highest BCUT2D eigenvalue weighted by Gasteiger charge is 2.11. The first kappa shape index (κ1) is 15.5. The van der Waals surface area contributed by atoms with Crippen molar-refractivity contribution >= 4 is 17.2 Å². The fourth-order valence-electron chi connectivity index (χ4n) is 1.65. The van der Waals surface area contributed by atoms with Crippen molar-refractivity contribution in [1.29, 1.82) is 0 Å². The van der Waals surface area contributed by atoms with Crippen molar-refractivity contribution < 1.29 is 14.4 Å². The minimum atomic E-state index is -0.334. The van der Waals surface area contributed by atoms with E-state index >= 15 is 0 Å². The molecule has 0 unspecified atom stereocenters. The maximum atomic E-state index is 11.7. The number of carbonyl (C=O) groups excluding carboxylic acids is 1. The van der Waals surface area contributed by atoms with Gasteiger partial charge in [0, 0.05) is 10.9 Å². The molecule has 2 rings (SSSR count). The Hall–Kier alpha value is -1.92. The highest BCUT2D eigenvalue weighted by atomic mass is 32.1. The van der Waals surface area contributed by atoms with Crippen LogP contribution in [0.2, 0.25) is 0 Å². The van der Waals surface area contributed by atoms with Gasteiger partial charge in [-0.2, -0.15) is 0 Å². The molecule has 0 bridgehead atoms. The van der Waals surface area contributed by atoms with Crippen molar-refractivity contribution in [2.75, 3.05) is 6.61 Å². The molecular weight excluding hydrogens is 288 g/mol. The van der Waals surface area contributed by atoms with E-state index in [0.717, 1.165) is 16.3 Å². The van der Waals surface area contributed by atoms with Crippen molar-refractivity contribution in [1.82, 2.24) is 10.5 Å². The molecule has 112 valence electrons. The largest absolute Gasteiger partial charge is 0.491 e. The zero-order valence-electron chi connectivity index (χ0n) is 12.3. The number of nitrogens with zero attached hydrogens (tertiary/aromatic N) is 1. The number of thiazole rings is 1. The van der Waals surface area contributed by atoms with Gasteiger partial charge in [-0.15, -0.1) is 11.3 Å². The smallest absolute Gasteiger partial charge is 0.294 e. The van der Waals surface area contributed by atoms with E-state index in [4.69, 9.17) is 9.57 Å². The van der Waals surface area contributed by atoms with Gasteiger partial charge in [-0.3, -0.25) is 9.63 Å². The zero-order valence-corrected chi connectivity index (χ0v) is 13.1. The number of nitrogens with one attached hydrogen (secondary N) is 1. The molecule has 1 amide bonds. The van der Waals surface area contributed by atoms with Gasteiger partial charge in [-0.1, -0.05) is 0 Å². The summed E-state index contributed by atoms with van der Waals surface area (Å²) in [4.78, 5) is 20.9. The Morgan fingerprint density at radius 1 is 1.33 bits per heavy atom. The first-order valence-electron chi connectivity index (χ1n) is 6.75. The van der Waals surface area contributed by atoms with Crippen LogP contribution in [0.4, 0.5) is 0 Å². The number of ether oxygens (including phenoxy) is 1. The lowest BCUT2D eigenvalue weighted by molar-refractivity contribution is 0.0360. The van der Waals surface area contributed by atoms with Crippen LogP contribution in [0.1, 0.15) is 31.3 Å². The summed E-state index contributed by atoms with van der Waals surface area (Å²) in [5, 5.41) is 2.50. The Labute approximate surface area is 127 Å². The third kappa shape index (κ3) is 4.27. The van der Waals surface area contributed by atoms with E-state index in [9.17, 15) is 4.79 Å². The lowest BCUT2D eigenvalue weighted by Crippen LogP contribution is -2.23. The molecule has 1 N–H and O–H groups in total. The highest BCUT2D eigenvalue weighted by Crippen LogP contribution is 2.26. The molecular formula is C15H18N2O3S. The summed E-state index contributed by atoms with van der Waals surface area (Å²) >= 11 is 1.42. The number of rotatable bonds is 6. The Balaban J connectivity index is 2.08. The molecule has 0 aliphatic heterocycles. The van der Waals surface area contributed by atoms with Crippen LogP contribution in [0, 0.1) is 0 Å². The van der Waals surface area contributed by atoms with E-state index in [-0.39, 0.29) is 12.0 Å². The van der Waals surface area contributed by atoms with Gasteiger partial charge in [0.15, 0.2) is 0 Å². The topological polar surface area (TPSA) is 60.5 Å². The molecule has 0 fully saturated rings. The van der Waals surface area contributed by atoms with Gasteiger partial charge in [0.2, 0.25) is 0 Å². The van der Waals surface area contributed by atoms with Gasteiger partial charge in [-0.25, -0.2) is 10.5 Å². The van der Waals surface area contributed by atoms with Crippen molar-refractivity contribution in [3.63, 3.8) is 0 Å². The maximum absolute atomic E-state index is 11.7. The van der Waals surface area contributed by atoms with Crippen molar-refractivity contribution in [3.8, 4) is 16.3 Å². The van der Waals surface area contributed by atoms with Crippen LogP contribution in [-0.2, 0) is 4.84 Å². The van der Waals surface area contributed by atoms with Crippen LogP contribution >= 0.6 is 11.3 Å². The number of benzene rings is 1. The van der Waals surface area contributed by atoms with Crippen molar-refractivity contribution in [3.05, 3.63) is 35.3 Å². The van der Waals surface area contributed by atoms with Crippen LogP contribution in [-0.4, -0.2) is 23.6 Å².